The number of nitrogens with zero attached hydrogens (tertiary/aromatic N) is 1. The van der Waals surface area contributed by atoms with Crippen LogP contribution in [0.2, 0.25) is 0 Å². The van der Waals surface area contributed by atoms with Crippen LogP contribution in [0.15, 0.2) is 29.3 Å². The van der Waals surface area contributed by atoms with Gasteiger partial charge in [-0.2, -0.15) is 0 Å². The average Bonchev–Trinajstić information content (AvgIpc) is 3.00. The Morgan fingerprint density at radius 2 is 2.27 bits per heavy atom. The Balaban J connectivity index is 0.00000242. The molecular formula is C16H25FIN3O. The Hall–Kier alpha value is -0.890. The summed E-state index contributed by atoms with van der Waals surface area (Å²) in [5.41, 5.74) is 1.03. The fraction of sp³-hybridized carbons (Fsp3) is 0.562. The van der Waals surface area contributed by atoms with Crippen molar-refractivity contribution in [3.63, 3.8) is 0 Å². The van der Waals surface area contributed by atoms with Crippen LogP contribution in [0.4, 0.5) is 4.39 Å². The molecule has 2 rings (SSSR count). The van der Waals surface area contributed by atoms with E-state index in [4.69, 9.17) is 4.74 Å². The number of nitrogens with one attached hydrogen (secondary N) is 2. The number of aliphatic imine (C=N–C) groups is 1. The number of hydrogen-bond acceptors (Lipinski definition) is 2. The molecule has 2 N–H and O–H groups in total. The predicted octanol–water partition coefficient (Wildman–Crippen LogP) is 2.72. The van der Waals surface area contributed by atoms with E-state index in [1.54, 1.807) is 19.2 Å². The molecule has 1 aromatic rings. The van der Waals surface area contributed by atoms with Crippen molar-refractivity contribution in [2.75, 3.05) is 26.7 Å². The minimum atomic E-state index is -0.172. The molecule has 1 heterocycles. The summed E-state index contributed by atoms with van der Waals surface area (Å²) in [4.78, 5) is 4.19. The summed E-state index contributed by atoms with van der Waals surface area (Å²) < 4.78 is 18.6. The van der Waals surface area contributed by atoms with Gasteiger partial charge in [-0.25, -0.2) is 4.39 Å². The second kappa shape index (κ2) is 10.8. The van der Waals surface area contributed by atoms with Crippen LogP contribution in [0.3, 0.4) is 0 Å². The molecule has 22 heavy (non-hydrogen) atoms. The molecule has 1 aliphatic heterocycles. The van der Waals surface area contributed by atoms with Crippen LogP contribution in [0.1, 0.15) is 24.8 Å². The molecule has 1 aromatic carbocycles. The van der Waals surface area contributed by atoms with Gasteiger partial charge in [-0.05, 0) is 43.4 Å². The number of halogens is 2. The summed E-state index contributed by atoms with van der Waals surface area (Å²) in [6.07, 6.45) is 4.35. The second-order valence-electron chi connectivity index (χ2n) is 5.25. The van der Waals surface area contributed by atoms with Crippen LogP contribution in [0, 0.1) is 5.82 Å². The number of guanidine groups is 1. The Morgan fingerprint density at radius 3 is 2.95 bits per heavy atom. The maximum absolute atomic E-state index is 13.1. The van der Waals surface area contributed by atoms with Crippen LogP contribution in [0.5, 0.6) is 0 Å². The van der Waals surface area contributed by atoms with Gasteiger partial charge in [0.1, 0.15) is 5.82 Å². The van der Waals surface area contributed by atoms with E-state index in [-0.39, 0.29) is 29.8 Å². The summed E-state index contributed by atoms with van der Waals surface area (Å²) in [7, 11) is 1.76. The molecule has 0 radical (unpaired) electrons. The lowest BCUT2D eigenvalue weighted by atomic mass is 10.1. The van der Waals surface area contributed by atoms with Crippen LogP contribution < -0.4 is 10.6 Å². The van der Waals surface area contributed by atoms with Crippen molar-refractivity contribution in [3.05, 3.63) is 35.6 Å². The average molecular weight is 421 g/mol. The van der Waals surface area contributed by atoms with Gasteiger partial charge in [0.15, 0.2) is 5.96 Å². The molecule has 1 aliphatic rings. The quantitative estimate of drug-likeness (QED) is 0.322. The SMILES string of the molecule is CN=C(NCCCc1cccc(F)c1)NCC1CCCO1.I. The highest BCUT2D eigenvalue weighted by atomic mass is 127. The van der Waals surface area contributed by atoms with Gasteiger partial charge in [0.25, 0.3) is 0 Å². The minimum Gasteiger partial charge on any atom is -0.376 e. The van der Waals surface area contributed by atoms with E-state index in [1.165, 1.54) is 6.07 Å². The first-order valence-corrected chi connectivity index (χ1v) is 7.58. The molecule has 124 valence electrons. The van der Waals surface area contributed by atoms with Crippen LogP contribution in [-0.2, 0) is 11.2 Å². The van der Waals surface area contributed by atoms with Crippen LogP contribution >= 0.6 is 24.0 Å². The number of hydrogen-bond donors (Lipinski definition) is 2. The summed E-state index contributed by atoms with van der Waals surface area (Å²) >= 11 is 0. The molecule has 1 saturated heterocycles. The third-order valence-electron chi connectivity index (χ3n) is 3.57. The predicted molar refractivity (Wildman–Crippen MR) is 98.5 cm³/mol. The molecule has 4 nitrogen and oxygen atoms in total. The first kappa shape index (κ1) is 19.2. The van der Waals surface area contributed by atoms with E-state index in [0.29, 0.717) is 6.10 Å². The molecular weight excluding hydrogens is 396 g/mol. The van der Waals surface area contributed by atoms with Gasteiger partial charge < -0.3 is 15.4 Å². The smallest absolute Gasteiger partial charge is 0.191 e. The summed E-state index contributed by atoms with van der Waals surface area (Å²) in [5.74, 6) is 0.624. The maximum Gasteiger partial charge on any atom is 0.191 e. The normalized spacial score (nSPS) is 17.9. The summed E-state index contributed by atoms with van der Waals surface area (Å²) in [5, 5.41) is 6.54. The van der Waals surface area contributed by atoms with E-state index < -0.39 is 0 Å². The summed E-state index contributed by atoms with van der Waals surface area (Å²) in [6, 6.07) is 6.76. The minimum absolute atomic E-state index is 0. The summed E-state index contributed by atoms with van der Waals surface area (Å²) in [6.45, 7) is 2.47. The fourth-order valence-corrected chi connectivity index (χ4v) is 2.43. The lowest BCUT2D eigenvalue weighted by Gasteiger charge is -2.15. The monoisotopic (exact) mass is 421 g/mol. The highest BCUT2D eigenvalue weighted by molar-refractivity contribution is 14.0. The van der Waals surface area contributed by atoms with E-state index >= 15 is 0 Å². The number of aryl methyl sites for hydroxylation is 1. The highest BCUT2D eigenvalue weighted by Gasteiger charge is 2.15. The van der Waals surface area contributed by atoms with Crippen molar-refractivity contribution in [2.45, 2.75) is 31.8 Å². The van der Waals surface area contributed by atoms with Crippen LogP contribution in [0.25, 0.3) is 0 Å². The first-order chi connectivity index (χ1) is 10.3. The van der Waals surface area contributed by atoms with Gasteiger partial charge in [0.2, 0.25) is 0 Å². The zero-order valence-electron chi connectivity index (χ0n) is 13.0. The third kappa shape index (κ3) is 6.91. The van der Waals surface area contributed by atoms with Crippen molar-refractivity contribution in [2.24, 2.45) is 4.99 Å². The Labute approximate surface area is 148 Å². The number of rotatable bonds is 6. The van der Waals surface area contributed by atoms with E-state index in [0.717, 1.165) is 56.9 Å². The van der Waals surface area contributed by atoms with Gasteiger partial charge >= 0.3 is 0 Å². The van der Waals surface area contributed by atoms with Gasteiger partial charge in [0.05, 0.1) is 6.10 Å². The molecule has 1 fully saturated rings. The van der Waals surface area contributed by atoms with Gasteiger partial charge in [-0.3, -0.25) is 4.99 Å². The Bertz CT molecular complexity index is 464. The maximum atomic E-state index is 13.1. The number of ether oxygens (including phenoxy) is 1. The van der Waals surface area contributed by atoms with E-state index in [9.17, 15) is 4.39 Å². The fourth-order valence-electron chi connectivity index (χ4n) is 2.43. The van der Waals surface area contributed by atoms with Gasteiger partial charge in [-0.15, -0.1) is 24.0 Å². The van der Waals surface area contributed by atoms with Crippen molar-refractivity contribution in [3.8, 4) is 0 Å². The standard InChI is InChI=1S/C16H24FN3O.HI/c1-18-16(20-12-15-8-4-10-21-15)19-9-3-6-13-5-2-7-14(17)11-13;/h2,5,7,11,15H,3-4,6,8-10,12H2,1H3,(H2,18,19,20);1H. The first-order valence-electron chi connectivity index (χ1n) is 7.58. The molecule has 1 atom stereocenters. The Morgan fingerprint density at radius 1 is 1.41 bits per heavy atom. The van der Waals surface area contributed by atoms with E-state index in [1.807, 2.05) is 6.07 Å². The molecule has 0 aliphatic carbocycles. The van der Waals surface area contributed by atoms with Crippen molar-refractivity contribution >= 4 is 29.9 Å². The van der Waals surface area contributed by atoms with Crippen molar-refractivity contribution < 1.29 is 9.13 Å². The molecule has 0 spiro atoms. The second-order valence-corrected chi connectivity index (χ2v) is 5.25. The largest absolute Gasteiger partial charge is 0.376 e. The molecule has 0 amide bonds. The zero-order valence-corrected chi connectivity index (χ0v) is 15.3. The number of benzene rings is 1. The van der Waals surface area contributed by atoms with Crippen molar-refractivity contribution in [1.29, 1.82) is 0 Å². The van der Waals surface area contributed by atoms with Crippen molar-refractivity contribution in [1.82, 2.24) is 10.6 Å². The molecule has 6 heteroatoms. The lowest BCUT2D eigenvalue weighted by Crippen LogP contribution is -2.41. The van der Waals surface area contributed by atoms with Gasteiger partial charge in [-0.1, -0.05) is 12.1 Å². The lowest BCUT2D eigenvalue weighted by molar-refractivity contribution is 0.114. The zero-order chi connectivity index (χ0) is 14.9. The molecule has 0 aromatic heterocycles. The highest BCUT2D eigenvalue weighted by Crippen LogP contribution is 2.10. The molecule has 0 bridgehead atoms. The Kier molecular flexibility index (Phi) is 9.38. The van der Waals surface area contributed by atoms with E-state index in [2.05, 4.69) is 15.6 Å². The van der Waals surface area contributed by atoms with Crippen LogP contribution in [-0.4, -0.2) is 38.8 Å². The third-order valence-corrected chi connectivity index (χ3v) is 3.57. The van der Waals surface area contributed by atoms with Gasteiger partial charge in [0, 0.05) is 26.7 Å². The molecule has 0 saturated carbocycles. The molecule has 1 unspecified atom stereocenters. The topological polar surface area (TPSA) is 45.7 Å².